The fourth-order valence-electron chi connectivity index (χ4n) is 10.1. The highest BCUT2D eigenvalue weighted by Crippen LogP contribution is 2.44. The molecule has 0 amide bonds. The van der Waals surface area contributed by atoms with Gasteiger partial charge in [0.25, 0.3) is 0 Å². The fraction of sp³-hybridized carbons (Fsp3) is 0.647. The maximum absolute atomic E-state index is 8.71. The molecule has 4 aromatic carbocycles. The van der Waals surface area contributed by atoms with Gasteiger partial charge in [-0.15, -0.1) is 0 Å². The maximum Gasteiger partial charge on any atom is 0.126 e. The fourth-order valence-corrected chi connectivity index (χ4v) is 10.1. The Morgan fingerprint density at radius 2 is 0.413 bits per heavy atom. The third-order valence-corrected chi connectivity index (χ3v) is 14.9. The van der Waals surface area contributed by atoms with E-state index < -0.39 is 0 Å². The zero-order valence-corrected chi connectivity index (χ0v) is 56.7. The van der Waals surface area contributed by atoms with Crippen LogP contribution in [0.4, 0.5) is 0 Å². The van der Waals surface area contributed by atoms with Crippen molar-refractivity contribution in [1.82, 2.24) is 0 Å². The second kappa shape index (κ2) is 39.5. The number of ether oxygens (including phenoxy) is 12. The van der Waals surface area contributed by atoms with Crippen LogP contribution in [0.2, 0.25) is 0 Å². The second-order valence-corrected chi connectivity index (χ2v) is 26.3. The molecule has 504 valence electrons. The second-order valence-electron chi connectivity index (χ2n) is 26.3. The van der Waals surface area contributed by atoms with Gasteiger partial charge in [-0.05, 0) is 111 Å². The summed E-state index contributed by atoms with van der Waals surface area (Å²) in [6, 6.07) is 18.3. The Kier molecular flexibility index (Phi) is 32.5. The molecule has 0 radical (unpaired) electrons. The van der Waals surface area contributed by atoms with Crippen molar-refractivity contribution in [1.29, 1.82) is 0 Å². The van der Waals surface area contributed by atoms with Gasteiger partial charge in [-0.2, -0.15) is 0 Å². The highest BCUT2D eigenvalue weighted by molar-refractivity contribution is 5.60. The molecule has 1 aliphatic rings. The summed E-state index contributed by atoms with van der Waals surface area (Å²) in [5.41, 5.74) is 46.0. The van der Waals surface area contributed by atoms with Crippen molar-refractivity contribution in [3.8, 4) is 23.0 Å². The van der Waals surface area contributed by atoms with Gasteiger partial charge in [0, 0.05) is 71.5 Å². The average molecular weight is 1280 g/mol. The van der Waals surface area contributed by atoms with Crippen LogP contribution < -0.4 is 18.9 Å². The summed E-state index contributed by atoms with van der Waals surface area (Å²) in [5, 5.41) is 14.2. The molecule has 24 nitrogen and oxygen atoms in total. The van der Waals surface area contributed by atoms with Crippen molar-refractivity contribution >= 4 is 0 Å². The van der Waals surface area contributed by atoms with Crippen LogP contribution in [-0.2, 0) is 85.2 Å². The summed E-state index contributed by atoms with van der Waals surface area (Å²) < 4.78 is 75.5. The van der Waals surface area contributed by atoms with Crippen molar-refractivity contribution in [3.63, 3.8) is 0 Å². The van der Waals surface area contributed by atoms with E-state index in [4.69, 9.17) is 79.0 Å². The molecule has 0 heterocycles. The first-order valence-corrected chi connectivity index (χ1v) is 31.9. The zero-order chi connectivity index (χ0) is 66.8. The third kappa shape index (κ3) is 26.5. The van der Waals surface area contributed by atoms with Gasteiger partial charge in [-0.3, -0.25) is 0 Å². The Bertz CT molecular complexity index is 2620. The van der Waals surface area contributed by atoms with Crippen molar-refractivity contribution in [3.05, 3.63) is 157 Å². The molecule has 0 fully saturated rings. The Hall–Kier alpha value is -7.00. The first-order chi connectivity index (χ1) is 44.1. The van der Waals surface area contributed by atoms with Crippen LogP contribution in [0.5, 0.6) is 23.0 Å². The van der Waals surface area contributed by atoms with Crippen LogP contribution in [0.1, 0.15) is 150 Å². The molecule has 0 spiro atoms. The SMILES string of the molecule is CC(C)(C)c1cc2c(OCCOCCOCCN=[N+]=[N-])c(c1)Cc1cc(C(C)(C)C)cc(c1OCCOCCOCCN=[N+]=[N-])Cc1cc(C(C)(C)C)cc(c1OCCOCCOCCN=[N+]=[N-])Cc1cc(C(C)(C)C)cc(c1OCCOCCOCCN=[N+]=[N-])C2. The van der Waals surface area contributed by atoms with Gasteiger partial charge >= 0.3 is 0 Å². The van der Waals surface area contributed by atoms with Crippen molar-refractivity contribution in [2.45, 2.75) is 130 Å². The van der Waals surface area contributed by atoms with Gasteiger partial charge in [0.05, 0.1) is 106 Å². The van der Waals surface area contributed by atoms with Gasteiger partial charge in [-0.25, -0.2) is 0 Å². The standard InChI is InChI=1S/C68H100N12O12/c1-65(2,3)57-41-49-37-51-43-58(66(4,5)6)45-53(62(51)90-34-30-86-26-22-82-18-14-74-78-70)39-55-47-60(68(10,11)12)48-56(64(55)92-36-32-88-28-24-84-20-16-76-80-72)40-54-46-59(67(7,8)9)44-52(63(54)91-35-31-87-27-23-83-19-15-75-79-71)38-50(42-57)61(49)89-33-29-85-25-21-81-17-13-73-77-69/h41-48H,13-40H2,1-12H3. The number of fused-ring (bicyclic) bond motifs is 8. The number of hydrogen-bond acceptors (Lipinski definition) is 16. The molecule has 4 aromatic rings. The first kappa shape index (κ1) is 75.7. The van der Waals surface area contributed by atoms with Crippen molar-refractivity contribution < 1.29 is 56.8 Å². The molecular formula is C68H100N12O12. The van der Waals surface area contributed by atoms with Crippen LogP contribution in [0.25, 0.3) is 41.8 Å². The molecule has 1 aliphatic carbocycles. The number of rotatable bonds is 40. The molecule has 0 unspecified atom stereocenters. The monoisotopic (exact) mass is 1280 g/mol. The van der Waals surface area contributed by atoms with Gasteiger partial charge < -0.3 is 56.8 Å². The van der Waals surface area contributed by atoms with E-state index in [9.17, 15) is 0 Å². The summed E-state index contributed by atoms with van der Waals surface area (Å²) in [5.74, 6) is 2.97. The Labute approximate surface area is 544 Å². The quantitative estimate of drug-likeness (QED) is 0.0153. The summed E-state index contributed by atoms with van der Waals surface area (Å²) in [7, 11) is 0. The van der Waals surface area contributed by atoms with Crippen LogP contribution >= 0.6 is 0 Å². The van der Waals surface area contributed by atoms with E-state index in [0.29, 0.717) is 105 Å². The van der Waals surface area contributed by atoms with Crippen LogP contribution in [-0.4, -0.2) is 158 Å². The van der Waals surface area contributed by atoms with E-state index in [1.54, 1.807) is 0 Å². The minimum Gasteiger partial charge on any atom is -0.491 e. The van der Waals surface area contributed by atoms with Crippen molar-refractivity contribution in [2.75, 3.05) is 158 Å². The molecule has 0 atom stereocenters. The Morgan fingerprint density at radius 1 is 0.261 bits per heavy atom. The van der Waals surface area contributed by atoms with E-state index in [2.05, 4.69) is 172 Å². The van der Waals surface area contributed by atoms with Gasteiger partial charge in [0.1, 0.15) is 49.4 Å². The predicted molar refractivity (Wildman–Crippen MR) is 356 cm³/mol. The smallest absolute Gasteiger partial charge is 0.126 e. The molecule has 0 aromatic heterocycles. The normalized spacial score (nSPS) is 12.5. The lowest BCUT2D eigenvalue weighted by atomic mass is 9.79. The maximum atomic E-state index is 8.71. The van der Waals surface area contributed by atoms with Gasteiger partial charge in [0.2, 0.25) is 0 Å². The lowest BCUT2D eigenvalue weighted by Gasteiger charge is -2.29. The summed E-state index contributed by atoms with van der Waals surface area (Å²) in [4.78, 5) is 11.2. The largest absolute Gasteiger partial charge is 0.491 e. The molecule has 0 N–H and O–H groups in total. The number of nitrogens with zero attached hydrogens (tertiary/aromatic N) is 12. The topological polar surface area (TPSA) is 306 Å². The summed E-state index contributed by atoms with van der Waals surface area (Å²) in [6.45, 7) is 33.7. The van der Waals surface area contributed by atoms with E-state index in [0.717, 1.165) is 89.8 Å². The number of benzene rings is 4. The Balaban J connectivity index is 1.80. The molecule has 92 heavy (non-hydrogen) atoms. The third-order valence-electron chi connectivity index (χ3n) is 14.9. The van der Waals surface area contributed by atoms with E-state index in [-0.39, 0.29) is 101 Å². The Morgan fingerprint density at radius 3 is 0.565 bits per heavy atom. The first-order valence-electron chi connectivity index (χ1n) is 31.9. The average Bonchev–Trinajstić information content (AvgIpc) is 0.792. The minimum absolute atomic E-state index is 0.241. The van der Waals surface area contributed by atoms with Gasteiger partial charge in [0.15, 0.2) is 0 Å². The molecule has 0 saturated carbocycles. The minimum atomic E-state index is -0.287. The van der Waals surface area contributed by atoms with Crippen LogP contribution in [0.15, 0.2) is 69.0 Å². The molecule has 0 saturated heterocycles. The molecule has 24 heteroatoms. The molecular weight excluding hydrogens is 1180 g/mol. The van der Waals surface area contributed by atoms with E-state index in [1.165, 1.54) is 0 Å². The highest BCUT2D eigenvalue weighted by Gasteiger charge is 2.30. The van der Waals surface area contributed by atoms with Gasteiger partial charge in [-0.1, -0.05) is 152 Å². The lowest BCUT2D eigenvalue weighted by molar-refractivity contribution is 0.0383. The van der Waals surface area contributed by atoms with Crippen LogP contribution in [0, 0.1) is 0 Å². The summed E-state index contributed by atoms with van der Waals surface area (Å²) >= 11 is 0. The van der Waals surface area contributed by atoms with E-state index in [1.807, 2.05) is 0 Å². The lowest BCUT2D eigenvalue weighted by Crippen LogP contribution is -2.19. The molecule has 5 rings (SSSR count). The number of hydrogen-bond donors (Lipinski definition) is 0. The molecule has 0 aliphatic heterocycles. The predicted octanol–water partition coefficient (Wildman–Crippen LogP) is 14.4. The number of azide groups is 4. The van der Waals surface area contributed by atoms with Crippen LogP contribution in [0.3, 0.4) is 0 Å². The summed E-state index contributed by atoms with van der Waals surface area (Å²) in [6.07, 6.45) is 1.74. The molecule has 8 bridgehead atoms. The van der Waals surface area contributed by atoms with Crippen molar-refractivity contribution in [2.24, 2.45) is 20.5 Å². The van der Waals surface area contributed by atoms with E-state index >= 15 is 0 Å². The zero-order valence-electron chi connectivity index (χ0n) is 56.7. The highest BCUT2D eigenvalue weighted by atomic mass is 16.6.